The van der Waals surface area contributed by atoms with Gasteiger partial charge in [-0.2, -0.15) is 0 Å². The summed E-state index contributed by atoms with van der Waals surface area (Å²) in [5.74, 6) is 0.0935. The Kier molecular flexibility index (Phi) is 4.32. The number of ketones is 1. The number of hydrogen-bond donors (Lipinski definition) is 0. The minimum Gasteiger partial charge on any atom is -0.466 e. The molecule has 3 heteroatoms. The quantitative estimate of drug-likeness (QED) is 0.570. The summed E-state index contributed by atoms with van der Waals surface area (Å²) in [5, 5.41) is 0. The molecule has 0 aliphatic heterocycles. The summed E-state index contributed by atoms with van der Waals surface area (Å²) in [5.41, 5.74) is 0.635. The van der Waals surface area contributed by atoms with E-state index in [0.717, 1.165) is 31.3 Å². The summed E-state index contributed by atoms with van der Waals surface area (Å²) in [6.07, 6.45) is 5.62. The molecule has 0 unspecified atom stereocenters. The van der Waals surface area contributed by atoms with E-state index in [9.17, 15) is 9.59 Å². The first kappa shape index (κ1) is 16.3. The average molecular weight is 292 g/mol. The van der Waals surface area contributed by atoms with Crippen molar-refractivity contribution in [3.8, 4) is 0 Å². The maximum atomic E-state index is 12.8. The standard InChI is InChI=1S/C18H28O3/c1-6-8-12(16(20)21-7-2)11-13-14-9-10-18(5,15(13)19)17(14,3)4/h11-12,14H,6-10H2,1-5H3/b13-11-/t12-,14+,18+/m1/s1. The monoisotopic (exact) mass is 292 g/mol. The van der Waals surface area contributed by atoms with Crippen LogP contribution in [-0.2, 0) is 14.3 Å². The number of ether oxygens (including phenoxy) is 1. The highest BCUT2D eigenvalue weighted by molar-refractivity contribution is 6.05. The van der Waals surface area contributed by atoms with Crippen molar-refractivity contribution in [2.45, 2.75) is 60.3 Å². The van der Waals surface area contributed by atoms with Gasteiger partial charge in [0, 0.05) is 5.41 Å². The van der Waals surface area contributed by atoms with Crippen molar-refractivity contribution in [1.82, 2.24) is 0 Å². The maximum absolute atomic E-state index is 12.8. The first-order chi connectivity index (χ1) is 9.79. The van der Waals surface area contributed by atoms with Crippen molar-refractivity contribution >= 4 is 11.8 Å². The lowest BCUT2D eigenvalue weighted by Crippen LogP contribution is -2.32. The van der Waals surface area contributed by atoms with E-state index in [1.807, 2.05) is 13.0 Å². The molecule has 3 nitrogen and oxygen atoms in total. The predicted molar refractivity (Wildman–Crippen MR) is 82.7 cm³/mol. The Balaban J connectivity index is 2.32. The summed E-state index contributed by atoms with van der Waals surface area (Å²) in [7, 11) is 0. The normalized spacial score (nSPS) is 33.5. The van der Waals surface area contributed by atoms with Crippen LogP contribution in [0.2, 0.25) is 0 Å². The van der Waals surface area contributed by atoms with E-state index in [-0.39, 0.29) is 28.5 Å². The topological polar surface area (TPSA) is 43.4 Å². The van der Waals surface area contributed by atoms with E-state index in [1.54, 1.807) is 0 Å². The predicted octanol–water partition coefficient (Wildman–Crippen LogP) is 3.92. The third kappa shape index (κ3) is 2.35. The van der Waals surface area contributed by atoms with Crippen LogP contribution < -0.4 is 0 Å². The molecular formula is C18H28O3. The van der Waals surface area contributed by atoms with E-state index in [1.165, 1.54) is 0 Å². The van der Waals surface area contributed by atoms with Crippen LogP contribution in [0.3, 0.4) is 0 Å². The van der Waals surface area contributed by atoms with Crippen LogP contribution in [0.5, 0.6) is 0 Å². The second-order valence-corrected chi connectivity index (χ2v) is 7.24. The van der Waals surface area contributed by atoms with Crippen LogP contribution in [0.25, 0.3) is 0 Å². The molecule has 0 spiro atoms. The Labute approximate surface area is 128 Å². The van der Waals surface area contributed by atoms with Gasteiger partial charge in [-0.3, -0.25) is 9.59 Å². The van der Waals surface area contributed by atoms with Crippen molar-refractivity contribution < 1.29 is 14.3 Å². The highest BCUT2D eigenvalue weighted by atomic mass is 16.5. The van der Waals surface area contributed by atoms with Crippen molar-refractivity contribution in [3.63, 3.8) is 0 Å². The highest BCUT2D eigenvalue weighted by Crippen LogP contribution is 2.65. The number of fused-ring (bicyclic) bond motifs is 2. The highest BCUT2D eigenvalue weighted by Gasteiger charge is 2.63. The van der Waals surface area contributed by atoms with Gasteiger partial charge >= 0.3 is 5.97 Å². The minimum atomic E-state index is -0.271. The molecule has 2 aliphatic carbocycles. The number of esters is 1. The Bertz CT molecular complexity index is 475. The molecule has 2 saturated carbocycles. The van der Waals surface area contributed by atoms with Crippen LogP contribution in [0.4, 0.5) is 0 Å². The molecule has 118 valence electrons. The number of carbonyl (C=O) groups excluding carboxylic acids is 2. The van der Waals surface area contributed by atoms with Crippen LogP contribution in [-0.4, -0.2) is 18.4 Å². The maximum Gasteiger partial charge on any atom is 0.312 e. The van der Waals surface area contributed by atoms with Gasteiger partial charge in [0.15, 0.2) is 5.78 Å². The zero-order valence-corrected chi connectivity index (χ0v) is 14.0. The molecule has 2 rings (SSSR count). The summed E-state index contributed by atoms with van der Waals surface area (Å²) >= 11 is 0. The molecule has 0 radical (unpaired) electrons. The molecule has 21 heavy (non-hydrogen) atoms. The molecule has 0 aromatic rings. The number of rotatable bonds is 5. The van der Waals surface area contributed by atoms with Crippen molar-refractivity contribution in [1.29, 1.82) is 0 Å². The van der Waals surface area contributed by atoms with Crippen LogP contribution >= 0.6 is 0 Å². The zero-order valence-electron chi connectivity index (χ0n) is 14.0. The SMILES string of the molecule is CCC[C@H](/C=C1\C(=O)[C@]2(C)CC[C@@H]1C2(C)C)C(=O)OCC. The lowest BCUT2D eigenvalue weighted by Gasteiger charge is -2.31. The first-order valence-electron chi connectivity index (χ1n) is 8.22. The summed E-state index contributed by atoms with van der Waals surface area (Å²) < 4.78 is 5.16. The summed E-state index contributed by atoms with van der Waals surface area (Å²) in [6, 6.07) is 0. The molecule has 0 aromatic carbocycles. The lowest BCUT2D eigenvalue weighted by molar-refractivity contribution is -0.146. The molecule has 2 aliphatic rings. The van der Waals surface area contributed by atoms with Gasteiger partial charge in [-0.05, 0) is 43.1 Å². The van der Waals surface area contributed by atoms with Gasteiger partial charge in [0.1, 0.15) is 0 Å². The number of allylic oxidation sites excluding steroid dienone is 1. The van der Waals surface area contributed by atoms with E-state index in [0.29, 0.717) is 12.5 Å². The van der Waals surface area contributed by atoms with E-state index < -0.39 is 0 Å². The lowest BCUT2D eigenvalue weighted by atomic mass is 9.70. The van der Waals surface area contributed by atoms with Crippen molar-refractivity contribution in [3.05, 3.63) is 11.6 Å². The number of Topliss-reactive ketones (excluding diaryl/α,β-unsaturated/α-hetero) is 1. The van der Waals surface area contributed by atoms with Gasteiger partial charge in [-0.15, -0.1) is 0 Å². The summed E-state index contributed by atoms with van der Waals surface area (Å²) in [6.45, 7) is 10.8. The fourth-order valence-corrected chi connectivity index (χ4v) is 4.17. The molecule has 2 bridgehead atoms. The smallest absolute Gasteiger partial charge is 0.312 e. The number of hydrogen-bond acceptors (Lipinski definition) is 3. The van der Waals surface area contributed by atoms with Crippen LogP contribution in [0.15, 0.2) is 11.6 Å². The van der Waals surface area contributed by atoms with Gasteiger partial charge in [0.25, 0.3) is 0 Å². The Morgan fingerprint density at radius 3 is 2.52 bits per heavy atom. The Hall–Kier alpha value is -1.12. The first-order valence-corrected chi connectivity index (χ1v) is 8.22. The molecule has 0 N–H and O–H groups in total. The van der Waals surface area contributed by atoms with Crippen LogP contribution in [0, 0.1) is 22.7 Å². The molecule has 0 heterocycles. The van der Waals surface area contributed by atoms with E-state index in [4.69, 9.17) is 4.74 Å². The second-order valence-electron chi connectivity index (χ2n) is 7.24. The van der Waals surface area contributed by atoms with Crippen LogP contribution in [0.1, 0.15) is 60.3 Å². The van der Waals surface area contributed by atoms with Gasteiger partial charge in [-0.25, -0.2) is 0 Å². The zero-order chi connectivity index (χ0) is 15.8. The van der Waals surface area contributed by atoms with Crippen molar-refractivity contribution in [2.24, 2.45) is 22.7 Å². The van der Waals surface area contributed by atoms with Gasteiger partial charge in [0.05, 0.1) is 12.5 Å². The molecule has 0 saturated heterocycles. The summed E-state index contributed by atoms with van der Waals surface area (Å²) in [4.78, 5) is 24.9. The number of carbonyl (C=O) groups is 2. The minimum absolute atomic E-state index is 0.00133. The second kappa shape index (κ2) is 5.58. The molecule has 2 fully saturated rings. The van der Waals surface area contributed by atoms with Gasteiger partial charge in [-0.1, -0.05) is 40.2 Å². The third-order valence-electron chi connectivity index (χ3n) is 5.93. The Morgan fingerprint density at radius 1 is 1.38 bits per heavy atom. The van der Waals surface area contributed by atoms with Gasteiger partial charge in [0.2, 0.25) is 0 Å². The Morgan fingerprint density at radius 2 is 2.05 bits per heavy atom. The molecular weight excluding hydrogens is 264 g/mol. The van der Waals surface area contributed by atoms with E-state index >= 15 is 0 Å². The largest absolute Gasteiger partial charge is 0.466 e. The molecule has 3 atom stereocenters. The fourth-order valence-electron chi connectivity index (χ4n) is 4.17. The van der Waals surface area contributed by atoms with E-state index in [2.05, 4.69) is 27.7 Å². The molecule has 0 amide bonds. The van der Waals surface area contributed by atoms with Gasteiger partial charge < -0.3 is 4.74 Å². The average Bonchev–Trinajstić information content (AvgIpc) is 2.72. The molecule has 0 aromatic heterocycles. The fraction of sp³-hybridized carbons (Fsp3) is 0.778. The van der Waals surface area contributed by atoms with Crippen molar-refractivity contribution in [2.75, 3.05) is 6.61 Å². The third-order valence-corrected chi connectivity index (χ3v) is 5.93.